The number of nitrogens with one attached hydrogen (secondary N) is 1. The Morgan fingerprint density at radius 2 is 2.19 bits per heavy atom. The lowest BCUT2D eigenvalue weighted by molar-refractivity contribution is 0.0955. The van der Waals surface area contributed by atoms with Gasteiger partial charge in [0.25, 0.3) is 5.91 Å². The first-order chi connectivity index (χ1) is 10.1. The van der Waals surface area contributed by atoms with Gasteiger partial charge in [-0.25, -0.2) is 0 Å². The van der Waals surface area contributed by atoms with Crippen LogP contribution >= 0.6 is 22.9 Å². The number of carbonyl (C=O) groups is 1. The summed E-state index contributed by atoms with van der Waals surface area (Å²) in [5, 5.41) is 8.61. The maximum absolute atomic E-state index is 12.3. The number of aryl methyl sites for hydroxylation is 2. The number of rotatable bonds is 3. The first kappa shape index (κ1) is 14.1. The quantitative estimate of drug-likeness (QED) is 0.803. The summed E-state index contributed by atoms with van der Waals surface area (Å²) in [6.45, 7) is 2.37. The molecule has 108 valence electrons. The van der Waals surface area contributed by atoms with E-state index < -0.39 is 0 Å². The number of fused-ring (bicyclic) bond motifs is 1. The van der Waals surface area contributed by atoms with Crippen LogP contribution in [0.15, 0.2) is 30.5 Å². The van der Waals surface area contributed by atoms with Crippen molar-refractivity contribution in [3.63, 3.8) is 0 Å². The maximum atomic E-state index is 12.3. The molecular weight excluding hydrogens is 306 g/mol. The molecule has 21 heavy (non-hydrogen) atoms. The van der Waals surface area contributed by atoms with Crippen molar-refractivity contribution >= 4 is 38.9 Å². The van der Waals surface area contributed by atoms with Crippen LogP contribution < -0.4 is 5.32 Å². The van der Waals surface area contributed by atoms with E-state index in [2.05, 4.69) is 10.4 Å². The van der Waals surface area contributed by atoms with Gasteiger partial charge in [0, 0.05) is 35.4 Å². The monoisotopic (exact) mass is 319 g/mol. The van der Waals surface area contributed by atoms with Crippen LogP contribution in [-0.4, -0.2) is 15.7 Å². The fourth-order valence-corrected chi connectivity index (χ4v) is 3.67. The third kappa shape index (κ3) is 2.66. The lowest BCUT2D eigenvalue weighted by Crippen LogP contribution is -2.22. The number of aromatic nitrogens is 2. The third-order valence-corrected chi connectivity index (χ3v) is 4.97. The van der Waals surface area contributed by atoms with E-state index in [1.807, 2.05) is 44.4 Å². The Balaban J connectivity index is 1.81. The van der Waals surface area contributed by atoms with Crippen molar-refractivity contribution in [3.8, 4) is 0 Å². The molecule has 0 saturated carbocycles. The standard InChI is InChI=1S/C15H14ClN3OS/c1-9-10(8-19(2)18-9)7-17-15(20)14-13(16)11-5-3-4-6-12(11)21-14/h3-6,8H,7H2,1-2H3,(H,17,20). The third-order valence-electron chi connectivity index (χ3n) is 3.30. The van der Waals surface area contributed by atoms with Crippen LogP contribution in [0.5, 0.6) is 0 Å². The lowest BCUT2D eigenvalue weighted by atomic mass is 10.2. The van der Waals surface area contributed by atoms with Crippen molar-refractivity contribution in [1.82, 2.24) is 15.1 Å². The molecule has 0 radical (unpaired) electrons. The lowest BCUT2D eigenvalue weighted by Gasteiger charge is -2.02. The fourth-order valence-electron chi connectivity index (χ4n) is 2.24. The van der Waals surface area contributed by atoms with Crippen molar-refractivity contribution in [2.75, 3.05) is 0 Å². The van der Waals surface area contributed by atoms with Gasteiger partial charge in [-0.05, 0) is 13.0 Å². The highest BCUT2D eigenvalue weighted by Crippen LogP contribution is 2.34. The first-order valence-electron chi connectivity index (χ1n) is 6.50. The average molecular weight is 320 g/mol. The number of halogens is 1. The molecule has 1 aromatic carbocycles. The molecular formula is C15H14ClN3OS. The summed E-state index contributed by atoms with van der Waals surface area (Å²) in [5.41, 5.74) is 1.92. The van der Waals surface area contributed by atoms with Gasteiger partial charge in [-0.1, -0.05) is 29.8 Å². The van der Waals surface area contributed by atoms with Crippen LogP contribution in [0.4, 0.5) is 0 Å². The summed E-state index contributed by atoms with van der Waals surface area (Å²) in [6.07, 6.45) is 1.90. The average Bonchev–Trinajstić information content (AvgIpc) is 2.97. The topological polar surface area (TPSA) is 46.9 Å². The molecule has 0 saturated heterocycles. The Kier molecular flexibility index (Phi) is 3.69. The number of amides is 1. The molecule has 0 aliphatic heterocycles. The zero-order valence-corrected chi connectivity index (χ0v) is 13.3. The zero-order valence-electron chi connectivity index (χ0n) is 11.7. The van der Waals surface area contributed by atoms with Gasteiger partial charge in [0.15, 0.2) is 0 Å². The van der Waals surface area contributed by atoms with Gasteiger partial charge in [-0.2, -0.15) is 5.10 Å². The smallest absolute Gasteiger partial charge is 0.263 e. The van der Waals surface area contributed by atoms with Crippen molar-refractivity contribution in [2.24, 2.45) is 7.05 Å². The molecule has 0 bridgehead atoms. The van der Waals surface area contributed by atoms with E-state index in [0.29, 0.717) is 16.4 Å². The summed E-state index contributed by atoms with van der Waals surface area (Å²) >= 11 is 7.71. The van der Waals surface area contributed by atoms with E-state index in [4.69, 9.17) is 11.6 Å². The predicted molar refractivity (Wildman–Crippen MR) is 86.0 cm³/mol. The number of hydrogen-bond donors (Lipinski definition) is 1. The summed E-state index contributed by atoms with van der Waals surface area (Å²) in [7, 11) is 1.86. The molecule has 2 aromatic heterocycles. The molecule has 1 amide bonds. The van der Waals surface area contributed by atoms with Gasteiger partial charge in [0.1, 0.15) is 4.88 Å². The van der Waals surface area contributed by atoms with E-state index in [-0.39, 0.29) is 5.91 Å². The van der Waals surface area contributed by atoms with E-state index in [9.17, 15) is 4.79 Å². The van der Waals surface area contributed by atoms with Gasteiger partial charge < -0.3 is 5.32 Å². The molecule has 0 spiro atoms. The molecule has 0 aliphatic rings. The Morgan fingerprint density at radius 3 is 2.86 bits per heavy atom. The molecule has 0 fully saturated rings. The second-order valence-electron chi connectivity index (χ2n) is 4.84. The van der Waals surface area contributed by atoms with E-state index in [0.717, 1.165) is 21.3 Å². The first-order valence-corrected chi connectivity index (χ1v) is 7.70. The number of benzene rings is 1. The van der Waals surface area contributed by atoms with Crippen LogP contribution in [0.1, 0.15) is 20.9 Å². The van der Waals surface area contributed by atoms with Crippen LogP contribution in [-0.2, 0) is 13.6 Å². The Labute approximate surface area is 131 Å². The number of hydrogen-bond acceptors (Lipinski definition) is 3. The highest BCUT2D eigenvalue weighted by Gasteiger charge is 2.17. The number of nitrogens with zero attached hydrogens (tertiary/aromatic N) is 2. The molecule has 0 atom stereocenters. The zero-order chi connectivity index (χ0) is 15.0. The maximum Gasteiger partial charge on any atom is 0.263 e. The number of thiophene rings is 1. The summed E-state index contributed by atoms with van der Waals surface area (Å²) in [4.78, 5) is 12.9. The Morgan fingerprint density at radius 1 is 1.43 bits per heavy atom. The predicted octanol–water partition coefficient (Wildman–Crippen LogP) is 3.53. The van der Waals surface area contributed by atoms with E-state index in [1.54, 1.807) is 4.68 Å². The highest BCUT2D eigenvalue weighted by molar-refractivity contribution is 7.21. The van der Waals surface area contributed by atoms with E-state index in [1.165, 1.54) is 11.3 Å². The molecule has 1 N–H and O–H groups in total. The van der Waals surface area contributed by atoms with Crippen LogP contribution in [0.2, 0.25) is 5.02 Å². The Bertz CT molecular complexity index is 822. The minimum Gasteiger partial charge on any atom is -0.347 e. The second kappa shape index (κ2) is 5.50. The van der Waals surface area contributed by atoms with Crippen molar-refractivity contribution in [1.29, 1.82) is 0 Å². The van der Waals surface area contributed by atoms with Crippen molar-refractivity contribution in [2.45, 2.75) is 13.5 Å². The van der Waals surface area contributed by atoms with Crippen LogP contribution in [0, 0.1) is 6.92 Å². The molecule has 4 nitrogen and oxygen atoms in total. The normalized spacial score (nSPS) is 11.0. The molecule has 6 heteroatoms. The highest BCUT2D eigenvalue weighted by atomic mass is 35.5. The molecule has 0 aliphatic carbocycles. The minimum absolute atomic E-state index is 0.149. The molecule has 3 rings (SSSR count). The van der Waals surface area contributed by atoms with E-state index >= 15 is 0 Å². The van der Waals surface area contributed by atoms with Gasteiger partial charge in [-0.3, -0.25) is 9.48 Å². The van der Waals surface area contributed by atoms with Crippen molar-refractivity contribution < 1.29 is 4.79 Å². The molecule has 2 heterocycles. The van der Waals surface area contributed by atoms with Gasteiger partial charge >= 0.3 is 0 Å². The van der Waals surface area contributed by atoms with Crippen molar-refractivity contribution in [3.05, 3.63) is 51.6 Å². The Hall–Kier alpha value is -1.85. The molecule has 0 unspecified atom stereocenters. The van der Waals surface area contributed by atoms with Gasteiger partial charge in [-0.15, -0.1) is 11.3 Å². The summed E-state index contributed by atoms with van der Waals surface area (Å²) in [6, 6.07) is 7.75. The second-order valence-corrected chi connectivity index (χ2v) is 6.27. The van der Waals surface area contributed by atoms with Crippen LogP contribution in [0.25, 0.3) is 10.1 Å². The largest absolute Gasteiger partial charge is 0.347 e. The van der Waals surface area contributed by atoms with Gasteiger partial charge in [0.05, 0.1) is 10.7 Å². The summed E-state index contributed by atoms with van der Waals surface area (Å²) < 4.78 is 2.76. The number of carbonyl (C=O) groups excluding carboxylic acids is 1. The van der Waals surface area contributed by atoms with Gasteiger partial charge in [0.2, 0.25) is 0 Å². The summed E-state index contributed by atoms with van der Waals surface area (Å²) in [5.74, 6) is -0.149. The SMILES string of the molecule is Cc1nn(C)cc1CNC(=O)c1sc2ccccc2c1Cl. The van der Waals surface area contributed by atoms with Crippen LogP contribution in [0.3, 0.4) is 0 Å². The molecule has 3 aromatic rings. The minimum atomic E-state index is -0.149. The fraction of sp³-hybridized carbons (Fsp3) is 0.200.